The topological polar surface area (TPSA) is 71.6 Å². The first-order chi connectivity index (χ1) is 11.6. The lowest BCUT2D eigenvalue weighted by atomic mass is 10.1. The molecular weight excluding hydrogens is 302 g/mol. The predicted octanol–water partition coefficient (Wildman–Crippen LogP) is 1.46. The van der Waals surface area contributed by atoms with E-state index in [9.17, 15) is 5.11 Å². The number of rotatable bonds is 6. The van der Waals surface area contributed by atoms with E-state index in [-0.39, 0.29) is 18.2 Å². The molecule has 1 aromatic heterocycles. The van der Waals surface area contributed by atoms with Gasteiger partial charge in [-0.15, -0.1) is 0 Å². The van der Waals surface area contributed by atoms with E-state index in [1.807, 2.05) is 55.6 Å². The molecule has 128 valence electrons. The Morgan fingerprint density at radius 3 is 2.67 bits per heavy atom. The Morgan fingerprint density at radius 2 is 1.96 bits per heavy atom. The second-order valence-electron chi connectivity index (χ2n) is 6.40. The van der Waals surface area contributed by atoms with Crippen LogP contribution in [0.2, 0.25) is 0 Å². The van der Waals surface area contributed by atoms with Crippen LogP contribution in [0.4, 0.5) is 0 Å². The van der Waals surface area contributed by atoms with Gasteiger partial charge in [-0.2, -0.15) is 0 Å². The number of para-hydroxylation sites is 1. The van der Waals surface area contributed by atoms with E-state index in [4.69, 9.17) is 10.5 Å². The highest BCUT2D eigenvalue weighted by Gasteiger charge is 2.44. The van der Waals surface area contributed by atoms with E-state index in [0.29, 0.717) is 6.42 Å². The second kappa shape index (κ2) is 7.75. The molecule has 2 aromatic rings. The molecule has 24 heavy (non-hydrogen) atoms. The molecule has 4 atom stereocenters. The van der Waals surface area contributed by atoms with E-state index in [1.54, 1.807) is 6.20 Å². The molecule has 1 aliphatic carbocycles. The lowest BCUT2D eigenvalue weighted by Gasteiger charge is -2.30. The van der Waals surface area contributed by atoms with Crippen LogP contribution in [0.3, 0.4) is 0 Å². The number of aliphatic hydroxyl groups excluding tert-OH is 1. The van der Waals surface area contributed by atoms with Gasteiger partial charge in [-0.3, -0.25) is 9.88 Å². The molecule has 1 heterocycles. The normalized spacial score (nSPS) is 26.7. The van der Waals surface area contributed by atoms with Gasteiger partial charge >= 0.3 is 0 Å². The van der Waals surface area contributed by atoms with Crippen LogP contribution in [0.5, 0.6) is 5.75 Å². The van der Waals surface area contributed by atoms with Gasteiger partial charge in [0, 0.05) is 37.3 Å². The van der Waals surface area contributed by atoms with Gasteiger partial charge in [0.15, 0.2) is 0 Å². The summed E-state index contributed by atoms with van der Waals surface area (Å²) in [6.45, 7) is 0.796. The van der Waals surface area contributed by atoms with Gasteiger partial charge in [0.25, 0.3) is 0 Å². The minimum Gasteiger partial charge on any atom is -0.488 e. The van der Waals surface area contributed by atoms with Crippen molar-refractivity contribution in [2.45, 2.75) is 37.1 Å². The van der Waals surface area contributed by atoms with Crippen LogP contribution < -0.4 is 10.5 Å². The summed E-state index contributed by atoms with van der Waals surface area (Å²) >= 11 is 0. The van der Waals surface area contributed by atoms with E-state index in [1.165, 1.54) is 0 Å². The van der Waals surface area contributed by atoms with Crippen LogP contribution in [-0.2, 0) is 6.42 Å². The molecule has 0 radical (unpaired) electrons. The molecule has 1 aromatic carbocycles. The quantitative estimate of drug-likeness (QED) is 0.840. The molecule has 5 heteroatoms. The zero-order valence-corrected chi connectivity index (χ0v) is 14.0. The number of aromatic nitrogens is 1. The smallest absolute Gasteiger partial charge is 0.128 e. The lowest BCUT2D eigenvalue weighted by molar-refractivity contribution is 0.0160. The van der Waals surface area contributed by atoms with Crippen LogP contribution in [0.15, 0.2) is 54.7 Å². The molecule has 3 rings (SSSR count). The first kappa shape index (κ1) is 16.9. The van der Waals surface area contributed by atoms with Gasteiger partial charge in [-0.25, -0.2) is 0 Å². The van der Waals surface area contributed by atoms with Crippen LogP contribution in [0.25, 0.3) is 0 Å². The number of nitrogens with zero attached hydrogens (tertiary/aromatic N) is 2. The zero-order valence-electron chi connectivity index (χ0n) is 14.0. The minimum absolute atomic E-state index is 0.109. The third kappa shape index (κ3) is 3.93. The molecule has 1 saturated carbocycles. The molecule has 1 aliphatic rings. The zero-order chi connectivity index (χ0) is 16.9. The van der Waals surface area contributed by atoms with Gasteiger partial charge in [0.05, 0.1) is 6.04 Å². The summed E-state index contributed by atoms with van der Waals surface area (Å²) in [7, 11) is 2.00. The summed E-state index contributed by atoms with van der Waals surface area (Å²) in [5, 5.41) is 10.7. The van der Waals surface area contributed by atoms with Gasteiger partial charge in [0.2, 0.25) is 0 Å². The highest BCUT2D eigenvalue weighted by molar-refractivity contribution is 5.22. The maximum absolute atomic E-state index is 10.7. The first-order valence-corrected chi connectivity index (χ1v) is 8.40. The number of pyridine rings is 1. The summed E-state index contributed by atoms with van der Waals surface area (Å²) < 4.78 is 5.93. The molecule has 0 aliphatic heterocycles. The third-order valence-electron chi connectivity index (χ3n) is 4.66. The number of hydrogen-bond acceptors (Lipinski definition) is 5. The molecule has 0 spiro atoms. The molecule has 5 nitrogen and oxygen atoms in total. The van der Waals surface area contributed by atoms with Crippen molar-refractivity contribution >= 4 is 0 Å². The van der Waals surface area contributed by atoms with Crippen LogP contribution in [-0.4, -0.2) is 52.9 Å². The average molecular weight is 327 g/mol. The highest BCUT2D eigenvalue weighted by atomic mass is 16.5. The Labute approximate surface area is 143 Å². The Hall–Kier alpha value is -1.95. The molecule has 0 bridgehead atoms. The molecule has 0 unspecified atom stereocenters. The molecule has 0 saturated heterocycles. The van der Waals surface area contributed by atoms with Crippen molar-refractivity contribution in [2.75, 3.05) is 13.6 Å². The van der Waals surface area contributed by atoms with Gasteiger partial charge in [-0.05, 0) is 31.3 Å². The van der Waals surface area contributed by atoms with E-state index in [2.05, 4.69) is 9.88 Å². The summed E-state index contributed by atoms with van der Waals surface area (Å²) in [6.07, 6.45) is 2.40. The van der Waals surface area contributed by atoms with Crippen LogP contribution >= 0.6 is 0 Å². The summed E-state index contributed by atoms with van der Waals surface area (Å²) in [5.41, 5.74) is 7.33. The standard InChI is InChI=1S/C19H25N3O2/c1-22(12-10-14-7-5-6-11-21-14)18-16(20)13-17(19(18)23)24-15-8-3-2-4-9-15/h2-9,11,16-19,23H,10,12-13,20H2,1H3/t16-,17-,18+,19+/m1/s1. The summed E-state index contributed by atoms with van der Waals surface area (Å²) in [6, 6.07) is 15.3. The van der Waals surface area contributed by atoms with Crippen LogP contribution in [0.1, 0.15) is 12.1 Å². The van der Waals surface area contributed by atoms with Crippen molar-refractivity contribution in [3.05, 3.63) is 60.4 Å². The van der Waals surface area contributed by atoms with Gasteiger partial charge < -0.3 is 15.6 Å². The third-order valence-corrected chi connectivity index (χ3v) is 4.66. The van der Waals surface area contributed by atoms with E-state index < -0.39 is 6.10 Å². The monoisotopic (exact) mass is 327 g/mol. The van der Waals surface area contributed by atoms with Crippen molar-refractivity contribution in [3.8, 4) is 5.75 Å². The largest absolute Gasteiger partial charge is 0.488 e. The number of hydrogen-bond donors (Lipinski definition) is 2. The molecule has 1 fully saturated rings. The maximum Gasteiger partial charge on any atom is 0.128 e. The van der Waals surface area contributed by atoms with Gasteiger partial charge in [-0.1, -0.05) is 24.3 Å². The van der Waals surface area contributed by atoms with Crippen molar-refractivity contribution in [2.24, 2.45) is 5.73 Å². The van der Waals surface area contributed by atoms with Crippen molar-refractivity contribution in [1.82, 2.24) is 9.88 Å². The van der Waals surface area contributed by atoms with E-state index >= 15 is 0 Å². The fourth-order valence-electron chi connectivity index (χ4n) is 3.39. The Morgan fingerprint density at radius 1 is 1.21 bits per heavy atom. The number of ether oxygens (including phenoxy) is 1. The number of nitrogens with two attached hydrogens (primary N) is 1. The Bertz CT molecular complexity index is 623. The SMILES string of the molecule is CN(CCc1ccccn1)[C@@H]1[C@@H](O)[C@H](Oc2ccccc2)C[C@H]1N. The predicted molar refractivity (Wildman–Crippen MR) is 93.8 cm³/mol. The van der Waals surface area contributed by atoms with Crippen LogP contribution in [0, 0.1) is 0 Å². The maximum atomic E-state index is 10.7. The Balaban J connectivity index is 1.58. The van der Waals surface area contributed by atoms with Crippen molar-refractivity contribution in [1.29, 1.82) is 0 Å². The number of benzene rings is 1. The fraction of sp³-hybridized carbons (Fsp3) is 0.421. The Kier molecular flexibility index (Phi) is 5.45. The average Bonchev–Trinajstić information content (AvgIpc) is 2.88. The summed E-state index contributed by atoms with van der Waals surface area (Å²) in [5.74, 6) is 0.769. The summed E-state index contributed by atoms with van der Waals surface area (Å²) in [4.78, 5) is 6.46. The van der Waals surface area contributed by atoms with Gasteiger partial charge in [0.1, 0.15) is 18.0 Å². The molecular formula is C19H25N3O2. The molecule has 0 amide bonds. The first-order valence-electron chi connectivity index (χ1n) is 8.40. The lowest BCUT2D eigenvalue weighted by Crippen LogP contribution is -2.49. The second-order valence-corrected chi connectivity index (χ2v) is 6.40. The van der Waals surface area contributed by atoms with E-state index in [0.717, 1.165) is 24.4 Å². The molecule has 3 N–H and O–H groups in total. The van der Waals surface area contributed by atoms with Crippen molar-refractivity contribution < 1.29 is 9.84 Å². The minimum atomic E-state index is -0.603. The number of aliphatic hydroxyl groups is 1. The fourth-order valence-corrected chi connectivity index (χ4v) is 3.39. The van der Waals surface area contributed by atoms with Crippen molar-refractivity contribution in [3.63, 3.8) is 0 Å². The number of likely N-dealkylation sites (N-methyl/N-ethyl adjacent to an activating group) is 1. The highest BCUT2D eigenvalue weighted by Crippen LogP contribution is 2.27.